The Hall–Kier alpha value is -1.26. The van der Waals surface area contributed by atoms with Gasteiger partial charge in [-0.1, -0.05) is 76.7 Å². The van der Waals surface area contributed by atoms with Crippen molar-refractivity contribution in [1.82, 2.24) is 0 Å². The highest BCUT2D eigenvalue weighted by Gasteiger charge is 2.31. The van der Waals surface area contributed by atoms with Gasteiger partial charge in [0.25, 0.3) is 9.70 Å². The SMILES string of the molecule is CCN=C(c1ccccc1)c1cc(Cl)ccc1NC(=O)C(Cl)(Cl)Cl. The van der Waals surface area contributed by atoms with Gasteiger partial charge in [-0.25, -0.2) is 0 Å². The van der Waals surface area contributed by atoms with E-state index in [0.29, 0.717) is 28.5 Å². The Balaban J connectivity index is 2.53. The molecule has 0 unspecified atom stereocenters. The van der Waals surface area contributed by atoms with Gasteiger partial charge in [-0.15, -0.1) is 0 Å². The molecule has 1 amide bonds. The van der Waals surface area contributed by atoms with Crippen molar-refractivity contribution in [2.45, 2.75) is 10.7 Å². The Bertz CT molecular complexity index is 755. The molecule has 0 bridgehead atoms. The van der Waals surface area contributed by atoms with Crippen LogP contribution in [0, 0.1) is 0 Å². The second-order valence-electron chi connectivity index (χ2n) is 4.83. The Morgan fingerprint density at radius 2 is 1.79 bits per heavy atom. The lowest BCUT2D eigenvalue weighted by atomic mass is 10.0. The van der Waals surface area contributed by atoms with Crippen LogP contribution in [0.2, 0.25) is 5.02 Å². The van der Waals surface area contributed by atoms with Gasteiger partial charge < -0.3 is 5.32 Å². The summed E-state index contributed by atoms with van der Waals surface area (Å²) >= 11 is 23.0. The fraction of sp³-hybridized carbons (Fsp3) is 0.176. The number of anilines is 1. The number of rotatable bonds is 4. The van der Waals surface area contributed by atoms with Crippen molar-refractivity contribution >= 4 is 63.7 Å². The molecular formula is C17H14Cl4N2O. The monoisotopic (exact) mass is 402 g/mol. The van der Waals surface area contributed by atoms with E-state index in [9.17, 15) is 4.79 Å². The zero-order valence-electron chi connectivity index (χ0n) is 12.7. The molecule has 2 aromatic carbocycles. The first-order valence-electron chi connectivity index (χ1n) is 7.11. The second kappa shape index (κ2) is 8.21. The number of carbonyl (C=O) groups is 1. The molecule has 0 radical (unpaired) electrons. The first kappa shape index (κ1) is 19.1. The number of carbonyl (C=O) groups excluding carboxylic acids is 1. The minimum absolute atomic E-state index is 0.465. The standard InChI is InChI=1S/C17H14Cl4N2O/c1-2-22-15(11-6-4-3-5-7-11)13-10-12(18)8-9-14(13)23-16(24)17(19,20)21/h3-10H,2H2,1H3,(H,23,24). The van der Waals surface area contributed by atoms with Crippen molar-refractivity contribution in [3.63, 3.8) is 0 Å². The Kier molecular flexibility index (Phi) is 6.53. The van der Waals surface area contributed by atoms with Gasteiger partial charge in [0.1, 0.15) is 0 Å². The predicted octanol–water partition coefficient (Wildman–Crippen LogP) is 5.51. The Labute approximate surface area is 160 Å². The van der Waals surface area contributed by atoms with E-state index in [0.717, 1.165) is 5.56 Å². The molecule has 0 heterocycles. The van der Waals surface area contributed by atoms with Crippen molar-refractivity contribution in [3.05, 3.63) is 64.7 Å². The molecule has 0 aliphatic rings. The number of alkyl halides is 3. The minimum atomic E-state index is -2.06. The molecule has 24 heavy (non-hydrogen) atoms. The van der Waals surface area contributed by atoms with E-state index in [1.807, 2.05) is 37.3 Å². The molecule has 2 rings (SSSR count). The summed E-state index contributed by atoms with van der Waals surface area (Å²) in [5, 5.41) is 3.12. The highest BCUT2D eigenvalue weighted by atomic mass is 35.6. The topological polar surface area (TPSA) is 41.5 Å². The summed E-state index contributed by atoms with van der Waals surface area (Å²) in [5.74, 6) is -0.750. The van der Waals surface area contributed by atoms with Gasteiger partial charge in [0, 0.05) is 22.7 Å². The van der Waals surface area contributed by atoms with Crippen LogP contribution in [0.1, 0.15) is 18.1 Å². The largest absolute Gasteiger partial charge is 0.322 e. The number of benzene rings is 2. The summed E-state index contributed by atoms with van der Waals surface area (Å²) in [6.07, 6.45) is 0. The van der Waals surface area contributed by atoms with E-state index in [1.54, 1.807) is 18.2 Å². The predicted molar refractivity (Wildman–Crippen MR) is 103 cm³/mol. The van der Waals surface area contributed by atoms with Crippen LogP contribution in [0.5, 0.6) is 0 Å². The van der Waals surface area contributed by atoms with E-state index in [1.165, 1.54) is 0 Å². The molecule has 0 saturated heterocycles. The molecular weight excluding hydrogens is 390 g/mol. The molecule has 2 aromatic rings. The van der Waals surface area contributed by atoms with Crippen LogP contribution in [0.15, 0.2) is 53.5 Å². The van der Waals surface area contributed by atoms with Crippen LogP contribution in [0.4, 0.5) is 5.69 Å². The average Bonchev–Trinajstić information content (AvgIpc) is 2.54. The van der Waals surface area contributed by atoms with Gasteiger partial charge in [-0.05, 0) is 25.1 Å². The quantitative estimate of drug-likeness (QED) is 0.530. The van der Waals surface area contributed by atoms with Crippen LogP contribution < -0.4 is 5.32 Å². The van der Waals surface area contributed by atoms with Crippen molar-refractivity contribution in [1.29, 1.82) is 0 Å². The lowest BCUT2D eigenvalue weighted by Crippen LogP contribution is -2.28. The number of amides is 1. The number of nitrogens with one attached hydrogen (secondary N) is 1. The molecule has 0 aliphatic heterocycles. The van der Waals surface area contributed by atoms with E-state index < -0.39 is 9.70 Å². The minimum Gasteiger partial charge on any atom is -0.322 e. The lowest BCUT2D eigenvalue weighted by molar-refractivity contribution is -0.115. The van der Waals surface area contributed by atoms with Crippen molar-refractivity contribution < 1.29 is 4.79 Å². The van der Waals surface area contributed by atoms with Crippen molar-refractivity contribution in [3.8, 4) is 0 Å². The van der Waals surface area contributed by atoms with Crippen LogP contribution >= 0.6 is 46.4 Å². The number of hydrogen-bond acceptors (Lipinski definition) is 2. The number of halogens is 4. The Morgan fingerprint density at radius 1 is 1.12 bits per heavy atom. The molecule has 126 valence electrons. The van der Waals surface area contributed by atoms with Gasteiger partial charge >= 0.3 is 0 Å². The summed E-state index contributed by atoms with van der Waals surface area (Å²) in [7, 11) is 0. The zero-order chi connectivity index (χ0) is 17.7. The van der Waals surface area contributed by atoms with E-state index >= 15 is 0 Å². The molecule has 0 saturated carbocycles. The molecule has 0 atom stereocenters. The van der Waals surface area contributed by atoms with Gasteiger partial charge in [-0.2, -0.15) is 0 Å². The number of hydrogen-bond donors (Lipinski definition) is 1. The van der Waals surface area contributed by atoms with E-state index in [4.69, 9.17) is 46.4 Å². The molecule has 0 fully saturated rings. The summed E-state index contributed by atoms with van der Waals surface area (Å²) in [6.45, 7) is 2.49. The molecule has 0 spiro atoms. The summed E-state index contributed by atoms with van der Waals surface area (Å²) in [6, 6.07) is 14.6. The number of nitrogens with zero attached hydrogens (tertiary/aromatic N) is 1. The van der Waals surface area contributed by atoms with Crippen molar-refractivity contribution in [2.75, 3.05) is 11.9 Å². The summed E-state index contributed by atoms with van der Waals surface area (Å²) in [5.41, 5.74) is 2.70. The molecule has 0 aliphatic carbocycles. The fourth-order valence-corrected chi connectivity index (χ4v) is 2.41. The summed E-state index contributed by atoms with van der Waals surface area (Å²) in [4.78, 5) is 16.6. The molecule has 7 heteroatoms. The highest BCUT2D eigenvalue weighted by molar-refractivity contribution is 6.76. The fourth-order valence-electron chi connectivity index (χ4n) is 2.10. The Morgan fingerprint density at radius 3 is 2.38 bits per heavy atom. The highest BCUT2D eigenvalue weighted by Crippen LogP contribution is 2.30. The molecule has 1 N–H and O–H groups in total. The second-order valence-corrected chi connectivity index (χ2v) is 7.55. The molecule has 0 aromatic heterocycles. The van der Waals surface area contributed by atoms with E-state index in [-0.39, 0.29) is 0 Å². The van der Waals surface area contributed by atoms with Gasteiger partial charge in [0.15, 0.2) is 0 Å². The van der Waals surface area contributed by atoms with Gasteiger partial charge in [-0.3, -0.25) is 9.79 Å². The first-order chi connectivity index (χ1) is 11.3. The average molecular weight is 404 g/mol. The van der Waals surface area contributed by atoms with Gasteiger partial charge in [0.05, 0.1) is 11.4 Å². The molecule has 3 nitrogen and oxygen atoms in total. The van der Waals surface area contributed by atoms with Gasteiger partial charge in [0.2, 0.25) is 0 Å². The third-order valence-corrected chi connectivity index (χ3v) is 3.86. The van der Waals surface area contributed by atoms with E-state index in [2.05, 4.69) is 10.3 Å². The first-order valence-corrected chi connectivity index (χ1v) is 8.62. The van der Waals surface area contributed by atoms with Crippen LogP contribution in [-0.4, -0.2) is 22.0 Å². The van der Waals surface area contributed by atoms with Crippen LogP contribution in [-0.2, 0) is 4.79 Å². The van der Waals surface area contributed by atoms with Crippen LogP contribution in [0.3, 0.4) is 0 Å². The number of aliphatic imine (C=N–C) groups is 1. The summed E-state index contributed by atoms with van der Waals surface area (Å²) < 4.78 is -2.06. The maximum atomic E-state index is 12.0. The third kappa shape index (κ3) is 4.87. The van der Waals surface area contributed by atoms with Crippen LogP contribution in [0.25, 0.3) is 0 Å². The lowest BCUT2D eigenvalue weighted by Gasteiger charge is -2.16. The third-order valence-electron chi connectivity index (χ3n) is 3.11. The maximum absolute atomic E-state index is 12.0. The zero-order valence-corrected chi connectivity index (χ0v) is 15.7. The maximum Gasteiger partial charge on any atom is 0.276 e. The normalized spacial score (nSPS) is 12.1. The smallest absolute Gasteiger partial charge is 0.276 e. The van der Waals surface area contributed by atoms with Crippen molar-refractivity contribution in [2.24, 2.45) is 4.99 Å².